The van der Waals surface area contributed by atoms with Crippen molar-refractivity contribution in [3.05, 3.63) is 58.9 Å². The van der Waals surface area contributed by atoms with Crippen LogP contribution in [0.5, 0.6) is 0 Å². The van der Waals surface area contributed by atoms with E-state index in [1.165, 1.54) is 38.8 Å². The number of hydrogen-bond donors (Lipinski definition) is 2. The summed E-state index contributed by atoms with van der Waals surface area (Å²) in [4.78, 5) is 14.6. The van der Waals surface area contributed by atoms with Gasteiger partial charge >= 0.3 is 0 Å². The van der Waals surface area contributed by atoms with E-state index in [-0.39, 0.29) is 18.0 Å². The molecule has 6 nitrogen and oxygen atoms in total. The van der Waals surface area contributed by atoms with Crippen molar-refractivity contribution in [1.82, 2.24) is 15.1 Å². The molecule has 32 heavy (non-hydrogen) atoms. The predicted molar refractivity (Wildman–Crippen MR) is 134 cm³/mol. The average molecular weight is 457 g/mol. The summed E-state index contributed by atoms with van der Waals surface area (Å²) in [5.41, 5.74) is 2.72. The Labute approximate surface area is 195 Å². The number of halogens is 1. The number of nitrogens with zero attached hydrogens (tertiary/aromatic N) is 2. The van der Waals surface area contributed by atoms with Gasteiger partial charge in [0.05, 0.1) is 17.2 Å². The highest BCUT2D eigenvalue weighted by Crippen LogP contribution is 2.26. The smallest absolute Gasteiger partial charge is 0.272 e. The van der Waals surface area contributed by atoms with Gasteiger partial charge < -0.3 is 15.0 Å². The number of rotatable bonds is 9. The number of benzene rings is 2. The molecule has 0 amide bonds. The average Bonchev–Trinajstić information content (AvgIpc) is 2.82. The second-order valence-corrected chi connectivity index (χ2v) is 8.32. The van der Waals surface area contributed by atoms with Crippen molar-refractivity contribution in [1.29, 1.82) is 0 Å². The summed E-state index contributed by atoms with van der Waals surface area (Å²) in [6.07, 6.45) is 6.44. The lowest BCUT2D eigenvalue weighted by Crippen LogP contribution is -2.39. The molecule has 2 heterocycles. The first-order valence-electron chi connectivity index (χ1n) is 11.3. The summed E-state index contributed by atoms with van der Waals surface area (Å²) in [6, 6.07) is 15.8. The number of hydrogen-bond acceptors (Lipinski definition) is 5. The maximum Gasteiger partial charge on any atom is 0.272 e. The molecule has 172 valence electrons. The van der Waals surface area contributed by atoms with Gasteiger partial charge in [0.2, 0.25) is 0 Å². The number of unbranched alkanes of at least 4 members (excludes halogenated alkanes) is 2. The molecule has 0 aliphatic carbocycles. The third-order valence-corrected chi connectivity index (χ3v) is 6.11. The number of aromatic nitrogens is 2. The van der Waals surface area contributed by atoms with E-state index in [0.29, 0.717) is 11.5 Å². The Balaban J connectivity index is 0.00000289. The van der Waals surface area contributed by atoms with Gasteiger partial charge in [-0.2, -0.15) is 5.10 Å². The van der Waals surface area contributed by atoms with Gasteiger partial charge in [-0.25, -0.2) is 5.10 Å². The number of aromatic amines is 1. The van der Waals surface area contributed by atoms with E-state index in [0.717, 1.165) is 41.8 Å². The largest absolute Gasteiger partial charge is 0.385 e. The van der Waals surface area contributed by atoms with Gasteiger partial charge in [0.25, 0.3) is 5.56 Å². The Morgan fingerprint density at radius 1 is 1.12 bits per heavy atom. The zero-order valence-corrected chi connectivity index (χ0v) is 19.5. The molecule has 3 aromatic rings. The van der Waals surface area contributed by atoms with Crippen LogP contribution in [0.25, 0.3) is 22.0 Å². The summed E-state index contributed by atoms with van der Waals surface area (Å²) in [5, 5.41) is 12.0. The summed E-state index contributed by atoms with van der Waals surface area (Å²) in [5.74, 6) is 0. The van der Waals surface area contributed by atoms with Crippen LogP contribution in [0.15, 0.2) is 53.3 Å². The minimum absolute atomic E-state index is 0. The van der Waals surface area contributed by atoms with Crippen molar-refractivity contribution in [2.45, 2.75) is 38.2 Å². The minimum Gasteiger partial charge on any atom is -0.385 e. The van der Waals surface area contributed by atoms with Crippen LogP contribution in [-0.2, 0) is 4.74 Å². The van der Waals surface area contributed by atoms with Crippen molar-refractivity contribution in [2.75, 3.05) is 38.6 Å². The second-order valence-electron chi connectivity index (χ2n) is 8.32. The molecule has 0 saturated carbocycles. The van der Waals surface area contributed by atoms with Crippen molar-refractivity contribution in [2.24, 2.45) is 0 Å². The van der Waals surface area contributed by atoms with Gasteiger partial charge in [0, 0.05) is 36.8 Å². The molecule has 7 heteroatoms. The normalized spacial score (nSPS) is 16.6. The number of piperidine rings is 1. The molecule has 0 spiro atoms. The molecule has 1 saturated heterocycles. The fourth-order valence-corrected chi connectivity index (χ4v) is 4.39. The number of methoxy groups -OCH3 is 1. The molecule has 0 radical (unpaired) electrons. The van der Waals surface area contributed by atoms with E-state index in [9.17, 15) is 4.79 Å². The third kappa shape index (κ3) is 6.09. The summed E-state index contributed by atoms with van der Waals surface area (Å²) in [6.45, 7) is 4.40. The molecule has 2 aromatic carbocycles. The quantitative estimate of drug-likeness (QED) is 0.456. The number of fused-ring (bicyclic) bond motifs is 1. The van der Waals surface area contributed by atoms with E-state index in [1.807, 2.05) is 43.5 Å². The standard InChI is InChI=1S/C25H32N4O2.ClH/c1-31-21-11-8-16-29(18-21)15-6-2-5-14-26-20-10-7-9-19(17-20)24-22-12-3-4-13-23(22)25(30)28-27-24;/h3-4,7,9-10,12-13,17,21,26H,2,5-6,8,11,14-16,18H2,1H3,(H,28,30);1H. The molecule has 4 rings (SSSR count). The Hall–Kier alpha value is -2.41. The van der Waals surface area contributed by atoms with Crippen LogP contribution in [0.2, 0.25) is 0 Å². The predicted octanol–water partition coefficient (Wildman–Crippen LogP) is 4.70. The van der Waals surface area contributed by atoms with E-state index < -0.39 is 0 Å². The lowest BCUT2D eigenvalue weighted by molar-refractivity contribution is 0.0309. The maximum absolute atomic E-state index is 12.0. The molecule has 1 aliphatic rings. The molecule has 1 atom stereocenters. The highest BCUT2D eigenvalue weighted by Gasteiger charge is 2.18. The lowest BCUT2D eigenvalue weighted by Gasteiger charge is -2.31. The Morgan fingerprint density at radius 2 is 1.97 bits per heavy atom. The Morgan fingerprint density at radius 3 is 2.81 bits per heavy atom. The molecule has 1 aromatic heterocycles. The third-order valence-electron chi connectivity index (χ3n) is 6.11. The molecule has 1 aliphatic heterocycles. The summed E-state index contributed by atoms with van der Waals surface area (Å²) < 4.78 is 5.51. The molecule has 2 N–H and O–H groups in total. The first-order valence-corrected chi connectivity index (χ1v) is 11.3. The first-order chi connectivity index (χ1) is 15.2. The van der Waals surface area contributed by atoms with E-state index in [2.05, 4.69) is 32.5 Å². The van der Waals surface area contributed by atoms with Crippen LogP contribution in [0, 0.1) is 0 Å². The topological polar surface area (TPSA) is 70.2 Å². The fraction of sp³-hybridized carbons (Fsp3) is 0.440. The molecule has 0 bridgehead atoms. The van der Waals surface area contributed by atoms with E-state index >= 15 is 0 Å². The minimum atomic E-state index is -0.157. The van der Waals surface area contributed by atoms with Gasteiger partial charge in [-0.1, -0.05) is 36.8 Å². The van der Waals surface area contributed by atoms with Gasteiger partial charge in [0.15, 0.2) is 0 Å². The first kappa shape index (κ1) is 24.2. The van der Waals surface area contributed by atoms with Gasteiger partial charge in [-0.3, -0.25) is 4.79 Å². The highest BCUT2D eigenvalue weighted by molar-refractivity contribution is 5.94. The summed E-state index contributed by atoms with van der Waals surface area (Å²) >= 11 is 0. The SMILES string of the molecule is COC1CCCN(CCCCCNc2cccc(-c3n[nH]c(=O)c4ccccc34)c2)C1.Cl. The van der Waals surface area contributed by atoms with Crippen LogP contribution >= 0.6 is 12.4 Å². The van der Waals surface area contributed by atoms with Crippen LogP contribution in [0.1, 0.15) is 32.1 Å². The fourth-order valence-electron chi connectivity index (χ4n) is 4.39. The van der Waals surface area contributed by atoms with Crippen LogP contribution < -0.4 is 10.9 Å². The van der Waals surface area contributed by atoms with Crippen molar-refractivity contribution in [3.8, 4) is 11.3 Å². The van der Waals surface area contributed by atoms with Crippen LogP contribution in [0.3, 0.4) is 0 Å². The van der Waals surface area contributed by atoms with Crippen LogP contribution in [0.4, 0.5) is 5.69 Å². The zero-order valence-electron chi connectivity index (χ0n) is 18.7. The molecule has 1 fully saturated rings. The van der Waals surface area contributed by atoms with Gasteiger partial charge in [-0.15, -0.1) is 12.4 Å². The number of H-pyrrole nitrogens is 1. The molecular formula is C25H33ClN4O2. The number of nitrogens with one attached hydrogen (secondary N) is 2. The van der Waals surface area contributed by atoms with Crippen molar-refractivity contribution in [3.63, 3.8) is 0 Å². The lowest BCUT2D eigenvalue weighted by atomic mass is 10.0. The monoisotopic (exact) mass is 456 g/mol. The molecule has 1 unspecified atom stereocenters. The van der Waals surface area contributed by atoms with E-state index in [4.69, 9.17) is 4.74 Å². The zero-order chi connectivity index (χ0) is 21.5. The highest BCUT2D eigenvalue weighted by atomic mass is 35.5. The maximum atomic E-state index is 12.0. The van der Waals surface area contributed by atoms with Gasteiger partial charge in [0.1, 0.15) is 0 Å². The molecular weight excluding hydrogens is 424 g/mol. The number of likely N-dealkylation sites (tertiary alicyclic amines) is 1. The Bertz CT molecular complexity index is 1060. The number of ether oxygens (including phenoxy) is 1. The van der Waals surface area contributed by atoms with Crippen molar-refractivity contribution >= 4 is 28.9 Å². The Kier molecular flexibility index (Phi) is 9.09. The van der Waals surface area contributed by atoms with E-state index in [1.54, 1.807) is 0 Å². The number of anilines is 1. The van der Waals surface area contributed by atoms with Gasteiger partial charge in [-0.05, 0) is 57.0 Å². The second kappa shape index (κ2) is 12.0. The summed E-state index contributed by atoms with van der Waals surface area (Å²) in [7, 11) is 1.82. The van der Waals surface area contributed by atoms with Crippen LogP contribution in [-0.4, -0.2) is 54.5 Å². The van der Waals surface area contributed by atoms with Crippen molar-refractivity contribution < 1.29 is 4.74 Å².